The van der Waals surface area contributed by atoms with E-state index < -0.39 is 34.4 Å². The molecule has 2 bridgehead atoms. The highest BCUT2D eigenvalue weighted by molar-refractivity contribution is 7.80. The largest absolute Gasteiger partial charge is 0.418 e. The number of nitrogens with zero attached hydrogens (tertiary/aromatic N) is 3. The molecular weight excluding hydrogens is 408 g/mol. The van der Waals surface area contributed by atoms with Gasteiger partial charge in [0.2, 0.25) is 0 Å². The maximum atomic E-state index is 12.5. The van der Waals surface area contributed by atoms with E-state index in [-0.39, 0.29) is 12.6 Å². The molecule has 14 heteroatoms. The summed E-state index contributed by atoms with van der Waals surface area (Å²) in [5, 5.41) is 7.30. The minimum atomic E-state index is -4.81. The van der Waals surface area contributed by atoms with Crippen molar-refractivity contribution in [2.75, 3.05) is 39.5 Å². The molecule has 0 saturated carbocycles. The number of hydroxylamine groups is 3. The number of hydrogen-bond donors (Lipinski definition) is 4. The number of carbonyl (C=O) groups excluding carboxylic acids is 2. The molecule has 3 amide bonds. The molecule has 0 spiro atoms. The summed E-state index contributed by atoms with van der Waals surface area (Å²) in [6, 6.07) is -1.52. The molecule has 4 rings (SSSR count). The van der Waals surface area contributed by atoms with E-state index in [2.05, 4.69) is 25.3 Å². The lowest BCUT2D eigenvalue weighted by Crippen LogP contribution is -2.50. The quantitative estimate of drug-likeness (QED) is 0.253. The number of urea groups is 1. The van der Waals surface area contributed by atoms with Gasteiger partial charge < -0.3 is 15.5 Å². The van der Waals surface area contributed by atoms with Crippen molar-refractivity contribution in [2.24, 2.45) is 0 Å². The summed E-state index contributed by atoms with van der Waals surface area (Å²) >= 11 is 0. The summed E-state index contributed by atoms with van der Waals surface area (Å²) in [6.45, 7) is 4.24. The Morgan fingerprint density at radius 3 is 2.86 bits per heavy atom. The Morgan fingerprint density at radius 1 is 1.31 bits per heavy atom. The van der Waals surface area contributed by atoms with Gasteiger partial charge in [-0.15, -0.1) is 4.28 Å². The van der Waals surface area contributed by atoms with Crippen LogP contribution in [0.3, 0.4) is 0 Å². The lowest BCUT2D eigenvalue weighted by Gasteiger charge is -2.29. The minimum absolute atomic E-state index is 0.128. The molecule has 0 aromatic carbocycles. The molecule has 164 valence electrons. The molecule has 4 heterocycles. The monoisotopic (exact) mass is 434 g/mol. The standard InChI is InChI=1S/C15H26N6O7S/c22-14(18-27-8-10-5-12(6-17-10)19-4-3-16-9-19)13-2-1-11-7-20(13)15(23)21(11)28-29(24,25)26/h10-13,16-17H,1-9H2,(H,18,22)(H,24,25,26)/t10-,11+,12+,13-/m0/s1. The second-order valence-electron chi connectivity index (χ2n) is 7.75. The first-order valence-corrected chi connectivity index (χ1v) is 11.0. The van der Waals surface area contributed by atoms with Gasteiger partial charge in [-0.05, 0) is 19.3 Å². The van der Waals surface area contributed by atoms with Crippen molar-refractivity contribution in [1.82, 2.24) is 31.0 Å². The van der Waals surface area contributed by atoms with Crippen LogP contribution in [0.2, 0.25) is 0 Å². The first-order chi connectivity index (χ1) is 13.8. The van der Waals surface area contributed by atoms with Crippen molar-refractivity contribution in [3.8, 4) is 0 Å². The molecule has 0 aromatic rings. The third-order valence-electron chi connectivity index (χ3n) is 5.86. The van der Waals surface area contributed by atoms with Crippen molar-refractivity contribution in [3.05, 3.63) is 0 Å². The predicted octanol–water partition coefficient (Wildman–Crippen LogP) is -2.37. The molecule has 29 heavy (non-hydrogen) atoms. The van der Waals surface area contributed by atoms with Gasteiger partial charge in [-0.2, -0.15) is 13.5 Å². The molecule has 4 saturated heterocycles. The van der Waals surface area contributed by atoms with E-state index in [1.54, 1.807) is 0 Å². The topological polar surface area (TPSA) is 153 Å². The van der Waals surface area contributed by atoms with Gasteiger partial charge in [-0.25, -0.2) is 10.3 Å². The third kappa shape index (κ3) is 4.63. The van der Waals surface area contributed by atoms with E-state index >= 15 is 0 Å². The molecule has 0 aliphatic carbocycles. The Labute approximate surface area is 168 Å². The molecule has 4 aliphatic rings. The van der Waals surface area contributed by atoms with E-state index in [9.17, 15) is 18.0 Å². The number of fused-ring (bicyclic) bond motifs is 2. The molecule has 4 N–H and O–H groups in total. The Bertz CT molecular complexity index is 745. The summed E-state index contributed by atoms with van der Waals surface area (Å²) in [6.07, 6.45) is 1.63. The van der Waals surface area contributed by atoms with E-state index in [4.69, 9.17) is 9.39 Å². The fourth-order valence-electron chi connectivity index (χ4n) is 4.42. The lowest BCUT2D eigenvalue weighted by molar-refractivity contribution is -0.139. The van der Waals surface area contributed by atoms with Crippen molar-refractivity contribution in [1.29, 1.82) is 0 Å². The van der Waals surface area contributed by atoms with Gasteiger partial charge in [0.25, 0.3) is 5.91 Å². The summed E-state index contributed by atoms with van der Waals surface area (Å²) in [7, 11) is -4.81. The molecule has 0 radical (unpaired) electrons. The summed E-state index contributed by atoms with van der Waals surface area (Å²) in [5.74, 6) is -0.469. The number of carbonyl (C=O) groups is 2. The van der Waals surface area contributed by atoms with E-state index in [1.807, 2.05) is 0 Å². The van der Waals surface area contributed by atoms with Crippen LogP contribution in [-0.4, -0.2) is 103 Å². The number of amides is 3. The first kappa shape index (κ1) is 20.7. The maximum Gasteiger partial charge on any atom is 0.418 e. The number of hydrogen-bond acceptors (Lipinski definition) is 9. The van der Waals surface area contributed by atoms with Crippen LogP contribution in [0.15, 0.2) is 0 Å². The molecule has 13 nitrogen and oxygen atoms in total. The molecule has 0 unspecified atom stereocenters. The molecular formula is C15H26N6O7S. The van der Waals surface area contributed by atoms with Crippen LogP contribution in [0, 0.1) is 0 Å². The number of piperidine rings is 1. The normalized spacial score (nSPS) is 32.9. The van der Waals surface area contributed by atoms with Gasteiger partial charge in [0.15, 0.2) is 0 Å². The SMILES string of the molecule is O=C(NOC[C@@H]1C[C@@H](N2CCNC2)CN1)[C@@H]1CC[C@@H]2CN1C(=O)N2OS(=O)(=O)O. The van der Waals surface area contributed by atoms with Crippen LogP contribution in [0.5, 0.6) is 0 Å². The Kier molecular flexibility index (Phi) is 5.92. The van der Waals surface area contributed by atoms with Gasteiger partial charge in [0.05, 0.1) is 12.6 Å². The number of rotatable bonds is 7. The first-order valence-electron chi connectivity index (χ1n) is 9.68. The smallest absolute Gasteiger partial charge is 0.310 e. The van der Waals surface area contributed by atoms with E-state index in [0.717, 1.165) is 32.7 Å². The van der Waals surface area contributed by atoms with Crippen LogP contribution in [0.1, 0.15) is 19.3 Å². The van der Waals surface area contributed by atoms with Gasteiger partial charge in [-0.3, -0.25) is 19.1 Å². The van der Waals surface area contributed by atoms with Crippen molar-refractivity contribution in [3.63, 3.8) is 0 Å². The van der Waals surface area contributed by atoms with E-state index in [1.165, 1.54) is 4.90 Å². The third-order valence-corrected chi connectivity index (χ3v) is 6.21. The highest BCUT2D eigenvalue weighted by atomic mass is 32.3. The molecule has 4 atom stereocenters. The van der Waals surface area contributed by atoms with E-state index in [0.29, 0.717) is 30.6 Å². The van der Waals surface area contributed by atoms with Gasteiger partial charge in [0, 0.05) is 44.9 Å². The van der Waals surface area contributed by atoms with Gasteiger partial charge in [0.1, 0.15) is 6.04 Å². The van der Waals surface area contributed by atoms with Crippen LogP contribution in [0.4, 0.5) is 4.79 Å². The second kappa shape index (κ2) is 8.29. The highest BCUT2D eigenvalue weighted by Gasteiger charge is 2.49. The number of nitrogens with one attached hydrogen (secondary N) is 3. The summed E-state index contributed by atoms with van der Waals surface area (Å²) in [5.41, 5.74) is 2.40. The van der Waals surface area contributed by atoms with Crippen LogP contribution in [0.25, 0.3) is 0 Å². The van der Waals surface area contributed by atoms with Crippen molar-refractivity contribution < 1.29 is 31.7 Å². The zero-order valence-electron chi connectivity index (χ0n) is 15.8. The Morgan fingerprint density at radius 2 is 2.14 bits per heavy atom. The highest BCUT2D eigenvalue weighted by Crippen LogP contribution is 2.30. The minimum Gasteiger partial charge on any atom is -0.310 e. The predicted molar refractivity (Wildman–Crippen MR) is 97.3 cm³/mol. The zero-order chi connectivity index (χ0) is 20.6. The van der Waals surface area contributed by atoms with Gasteiger partial charge in [-0.1, -0.05) is 0 Å². The van der Waals surface area contributed by atoms with Crippen molar-refractivity contribution in [2.45, 2.75) is 43.4 Å². The molecule has 4 aliphatic heterocycles. The van der Waals surface area contributed by atoms with Gasteiger partial charge >= 0.3 is 16.4 Å². The molecule has 0 aromatic heterocycles. The lowest BCUT2D eigenvalue weighted by atomic mass is 10.0. The Hall–Kier alpha value is -1.55. The zero-order valence-corrected chi connectivity index (χ0v) is 16.6. The summed E-state index contributed by atoms with van der Waals surface area (Å²) < 4.78 is 35.0. The fraction of sp³-hybridized carbons (Fsp3) is 0.867. The molecule has 4 fully saturated rings. The average Bonchev–Trinajstić information content (AvgIpc) is 3.39. The van der Waals surface area contributed by atoms with Crippen LogP contribution in [-0.2, 0) is 24.3 Å². The second-order valence-corrected chi connectivity index (χ2v) is 8.76. The van der Waals surface area contributed by atoms with Crippen LogP contribution >= 0.6 is 0 Å². The summed E-state index contributed by atoms with van der Waals surface area (Å²) in [4.78, 5) is 33.8. The Balaban J connectivity index is 1.23. The average molecular weight is 434 g/mol. The van der Waals surface area contributed by atoms with Crippen molar-refractivity contribution >= 4 is 22.3 Å². The fourth-order valence-corrected chi connectivity index (χ4v) is 4.81. The maximum absolute atomic E-state index is 12.5. The van der Waals surface area contributed by atoms with Crippen LogP contribution < -0.4 is 16.1 Å².